The molecule has 18 heavy (non-hydrogen) atoms. The quantitative estimate of drug-likeness (QED) is 0.903. The van der Waals surface area contributed by atoms with Crippen molar-refractivity contribution in [1.29, 1.82) is 0 Å². The van der Waals surface area contributed by atoms with Gasteiger partial charge in [-0.2, -0.15) is 5.10 Å². The summed E-state index contributed by atoms with van der Waals surface area (Å²) in [5.41, 5.74) is 0. The van der Waals surface area contributed by atoms with Crippen LogP contribution in [0.3, 0.4) is 0 Å². The molecule has 0 saturated carbocycles. The minimum absolute atomic E-state index is 0.125. The number of aromatic nitrogens is 3. The molecule has 4 nitrogen and oxygen atoms in total. The van der Waals surface area contributed by atoms with E-state index in [2.05, 4.69) is 48.3 Å². The van der Waals surface area contributed by atoms with Gasteiger partial charge in [0.2, 0.25) is 0 Å². The van der Waals surface area contributed by atoms with Crippen molar-refractivity contribution in [2.75, 3.05) is 7.05 Å². The first-order chi connectivity index (χ1) is 8.67. The predicted molar refractivity (Wildman–Crippen MR) is 75.0 cm³/mol. The molecule has 1 N–H and O–H groups in total. The summed E-state index contributed by atoms with van der Waals surface area (Å²) in [5.74, 6) is 0.983. The van der Waals surface area contributed by atoms with E-state index in [1.165, 1.54) is 9.75 Å². The third kappa shape index (κ3) is 2.47. The molecule has 2 rings (SSSR count). The zero-order chi connectivity index (χ0) is 13.1. The van der Waals surface area contributed by atoms with Gasteiger partial charge >= 0.3 is 0 Å². The Morgan fingerprint density at radius 3 is 2.72 bits per heavy atom. The SMILES string of the molecule is CCc1ccc(C(NC)c2ncnn2C(C)C)s1. The molecule has 0 fully saturated rings. The van der Waals surface area contributed by atoms with E-state index < -0.39 is 0 Å². The van der Waals surface area contributed by atoms with Crippen LogP contribution in [0, 0.1) is 0 Å². The Kier molecular flexibility index (Phi) is 4.14. The average Bonchev–Trinajstić information content (AvgIpc) is 2.98. The number of nitrogens with one attached hydrogen (secondary N) is 1. The molecule has 0 aliphatic heterocycles. The molecular weight excluding hydrogens is 244 g/mol. The Morgan fingerprint density at radius 1 is 1.39 bits per heavy atom. The number of hydrogen-bond acceptors (Lipinski definition) is 4. The molecule has 1 atom stereocenters. The molecule has 2 heterocycles. The van der Waals surface area contributed by atoms with Crippen molar-refractivity contribution in [3.8, 4) is 0 Å². The third-order valence-electron chi connectivity index (χ3n) is 2.95. The summed E-state index contributed by atoms with van der Waals surface area (Å²) in [6.45, 7) is 6.42. The Balaban J connectivity index is 2.35. The molecule has 2 aromatic rings. The predicted octanol–water partition coefficient (Wildman–Crippen LogP) is 2.79. The first-order valence-electron chi connectivity index (χ1n) is 6.32. The van der Waals surface area contributed by atoms with Gasteiger partial charge in [-0.15, -0.1) is 11.3 Å². The Labute approximate surface area is 112 Å². The fourth-order valence-electron chi connectivity index (χ4n) is 2.00. The third-order valence-corrected chi connectivity index (χ3v) is 4.25. The minimum atomic E-state index is 0.125. The zero-order valence-electron chi connectivity index (χ0n) is 11.3. The van der Waals surface area contributed by atoms with Crippen molar-refractivity contribution in [2.45, 2.75) is 39.3 Å². The smallest absolute Gasteiger partial charge is 0.149 e. The molecule has 0 bridgehead atoms. The van der Waals surface area contributed by atoms with Gasteiger partial charge < -0.3 is 5.32 Å². The Morgan fingerprint density at radius 2 is 2.17 bits per heavy atom. The van der Waals surface area contributed by atoms with Crippen molar-refractivity contribution < 1.29 is 0 Å². The van der Waals surface area contributed by atoms with Crippen molar-refractivity contribution in [2.24, 2.45) is 0 Å². The van der Waals surface area contributed by atoms with Crippen molar-refractivity contribution >= 4 is 11.3 Å². The lowest BCUT2D eigenvalue weighted by molar-refractivity contribution is 0.479. The molecule has 0 saturated heterocycles. The van der Waals surface area contributed by atoms with Crippen LogP contribution in [0.5, 0.6) is 0 Å². The molecule has 98 valence electrons. The summed E-state index contributed by atoms with van der Waals surface area (Å²) in [6.07, 6.45) is 2.71. The molecule has 0 aromatic carbocycles. The maximum atomic E-state index is 4.42. The van der Waals surface area contributed by atoms with Gasteiger partial charge in [-0.05, 0) is 39.4 Å². The van der Waals surface area contributed by atoms with Gasteiger partial charge in [-0.1, -0.05) is 6.92 Å². The lowest BCUT2D eigenvalue weighted by Crippen LogP contribution is -2.22. The second kappa shape index (κ2) is 5.63. The second-order valence-corrected chi connectivity index (χ2v) is 5.74. The van der Waals surface area contributed by atoms with E-state index in [4.69, 9.17) is 0 Å². The molecule has 0 aliphatic carbocycles. The van der Waals surface area contributed by atoms with E-state index in [0.29, 0.717) is 6.04 Å². The number of thiophene rings is 1. The molecule has 1 unspecified atom stereocenters. The van der Waals surface area contributed by atoms with Crippen LogP contribution in [0.25, 0.3) is 0 Å². The van der Waals surface area contributed by atoms with E-state index in [1.807, 2.05) is 23.1 Å². The highest BCUT2D eigenvalue weighted by Gasteiger charge is 2.21. The van der Waals surface area contributed by atoms with Gasteiger partial charge in [-0.25, -0.2) is 9.67 Å². The second-order valence-electron chi connectivity index (χ2n) is 4.54. The standard InChI is InChI=1S/C13H20N4S/c1-5-10-6-7-11(18-10)12(14-4)13-15-8-16-17(13)9(2)3/h6-9,12,14H,5H2,1-4H3. The van der Waals surface area contributed by atoms with Crippen molar-refractivity contribution in [3.63, 3.8) is 0 Å². The number of nitrogens with zero attached hydrogens (tertiary/aromatic N) is 3. The molecule has 0 radical (unpaired) electrons. The van der Waals surface area contributed by atoms with Crippen LogP contribution in [0.15, 0.2) is 18.5 Å². The van der Waals surface area contributed by atoms with Crippen LogP contribution in [0.4, 0.5) is 0 Å². The summed E-state index contributed by atoms with van der Waals surface area (Å²) >= 11 is 1.84. The first-order valence-corrected chi connectivity index (χ1v) is 7.14. The van der Waals surface area contributed by atoms with Gasteiger partial charge in [-0.3, -0.25) is 0 Å². The van der Waals surface area contributed by atoms with Crippen LogP contribution in [-0.2, 0) is 6.42 Å². The first kappa shape index (κ1) is 13.2. The highest BCUT2D eigenvalue weighted by Crippen LogP contribution is 2.28. The largest absolute Gasteiger partial charge is 0.306 e. The van der Waals surface area contributed by atoms with Crippen molar-refractivity contribution in [1.82, 2.24) is 20.1 Å². The summed E-state index contributed by atoms with van der Waals surface area (Å²) < 4.78 is 1.98. The Hall–Kier alpha value is -1.20. The highest BCUT2D eigenvalue weighted by atomic mass is 32.1. The highest BCUT2D eigenvalue weighted by molar-refractivity contribution is 7.12. The van der Waals surface area contributed by atoms with Crippen molar-refractivity contribution in [3.05, 3.63) is 34.0 Å². The average molecular weight is 264 g/mol. The number of rotatable bonds is 5. The molecule has 2 aromatic heterocycles. The zero-order valence-corrected chi connectivity index (χ0v) is 12.2. The molecule has 0 aliphatic rings. The van der Waals surface area contributed by atoms with Gasteiger partial charge in [0.25, 0.3) is 0 Å². The van der Waals surface area contributed by atoms with Gasteiger partial charge in [0.05, 0.1) is 0 Å². The fraction of sp³-hybridized carbons (Fsp3) is 0.538. The van der Waals surface area contributed by atoms with E-state index in [1.54, 1.807) is 6.33 Å². The minimum Gasteiger partial charge on any atom is -0.306 e. The molecule has 0 amide bonds. The molecular formula is C13H20N4S. The van der Waals surface area contributed by atoms with Gasteiger partial charge in [0.15, 0.2) is 0 Å². The molecule has 0 spiro atoms. The monoisotopic (exact) mass is 264 g/mol. The summed E-state index contributed by atoms with van der Waals surface area (Å²) in [7, 11) is 1.97. The van der Waals surface area contributed by atoms with E-state index in [9.17, 15) is 0 Å². The number of hydrogen-bond donors (Lipinski definition) is 1. The topological polar surface area (TPSA) is 42.7 Å². The maximum absolute atomic E-state index is 4.42. The van der Waals surface area contributed by atoms with E-state index in [0.717, 1.165) is 12.2 Å². The lowest BCUT2D eigenvalue weighted by Gasteiger charge is -2.17. The maximum Gasteiger partial charge on any atom is 0.149 e. The van der Waals surface area contributed by atoms with E-state index in [-0.39, 0.29) is 6.04 Å². The van der Waals surface area contributed by atoms with Crippen LogP contribution in [0.2, 0.25) is 0 Å². The fourth-order valence-corrected chi connectivity index (χ4v) is 3.06. The number of aryl methyl sites for hydroxylation is 1. The Bertz CT molecular complexity index is 501. The molecule has 5 heteroatoms. The lowest BCUT2D eigenvalue weighted by atomic mass is 10.2. The summed E-state index contributed by atoms with van der Waals surface area (Å²) in [6, 6.07) is 4.83. The normalized spacial score (nSPS) is 13.2. The summed E-state index contributed by atoms with van der Waals surface area (Å²) in [5, 5.41) is 7.65. The van der Waals surface area contributed by atoms with Gasteiger partial charge in [0.1, 0.15) is 18.2 Å². The van der Waals surface area contributed by atoms with Gasteiger partial charge in [0, 0.05) is 15.8 Å². The van der Waals surface area contributed by atoms with Crippen LogP contribution >= 0.6 is 11.3 Å². The van der Waals surface area contributed by atoms with Crippen LogP contribution in [0.1, 0.15) is 48.4 Å². The summed E-state index contributed by atoms with van der Waals surface area (Å²) in [4.78, 5) is 7.12. The van der Waals surface area contributed by atoms with Crippen LogP contribution < -0.4 is 5.32 Å². The van der Waals surface area contributed by atoms with E-state index >= 15 is 0 Å². The van der Waals surface area contributed by atoms with Crippen LogP contribution in [-0.4, -0.2) is 21.8 Å².